The first-order valence-corrected chi connectivity index (χ1v) is 6.72. The molecule has 21 heavy (non-hydrogen) atoms. The van der Waals surface area contributed by atoms with Crippen molar-refractivity contribution in [2.75, 3.05) is 13.6 Å². The van der Waals surface area contributed by atoms with Crippen molar-refractivity contribution < 1.29 is 14.3 Å². The largest absolute Gasteiger partial charge is 0.393 e. The van der Waals surface area contributed by atoms with Crippen molar-refractivity contribution >= 4 is 5.91 Å². The van der Waals surface area contributed by atoms with E-state index in [0.717, 1.165) is 5.56 Å². The summed E-state index contributed by atoms with van der Waals surface area (Å²) in [5, 5.41) is 16.0. The molecule has 0 aliphatic carbocycles. The SMILES string of the molecule is CC(O)CCN(C)C(=O)c1cc(-c2ccc(F)cc2)n[nH]1. The Morgan fingerprint density at radius 2 is 2.10 bits per heavy atom. The van der Waals surface area contributed by atoms with Crippen molar-refractivity contribution in [3.63, 3.8) is 0 Å². The monoisotopic (exact) mass is 291 g/mol. The Morgan fingerprint density at radius 1 is 1.43 bits per heavy atom. The maximum Gasteiger partial charge on any atom is 0.271 e. The van der Waals surface area contributed by atoms with Crippen LogP contribution in [0.5, 0.6) is 0 Å². The summed E-state index contributed by atoms with van der Waals surface area (Å²) in [6, 6.07) is 7.54. The van der Waals surface area contributed by atoms with Gasteiger partial charge in [0.25, 0.3) is 5.91 Å². The van der Waals surface area contributed by atoms with E-state index in [9.17, 15) is 14.3 Å². The average molecular weight is 291 g/mol. The highest BCUT2D eigenvalue weighted by molar-refractivity contribution is 5.93. The highest BCUT2D eigenvalue weighted by Crippen LogP contribution is 2.18. The number of aromatic amines is 1. The molecule has 1 amide bonds. The third-order valence-electron chi connectivity index (χ3n) is 3.18. The average Bonchev–Trinajstić information content (AvgIpc) is 2.94. The second-order valence-corrected chi connectivity index (χ2v) is 5.04. The summed E-state index contributed by atoms with van der Waals surface area (Å²) in [5.41, 5.74) is 1.68. The van der Waals surface area contributed by atoms with Crippen LogP contribution in [0.3, 0.4) is 0 Å². The topological polar surface area (TPSA) is 69.2 Å². The smallest absolute Gasteiger partial charge is 0.271 e. The van der Waals surface area contributed by atoms with E-state index >= 15 is 0 Å². The lowest BCUT2D eigenvalue weighted by Crippen LogP contribution is -2.29. The predicted molar refractivity (Wildman–Crippen MR) is 77.2 cm³/mol. The number of rotatable bonds is 5. The lowest BCUT2D eigenvalue weighted by atomic mass is 10.1. The molecule has 0 aliphatic rings. The number of amides is 1. The first-order valence-electron chi connectivity index (χ1n) is 6.72. The van der Waals surface area contributed by atoms with Crippen LogP contribution in [0.4, 0.5) is 4.39 Å². The van der Waals surface area contributed by atoms with Gasteiger partial charge in [-0.05, 0) is 43.7 Å². The molecule has 2 aromatic rings. The molecule has 0 radical (unpaired) electrons. The van der Waals surface area contributed by atoms with E-state index in [0.29, 0.717) is 24.4 Å². The lowest BCUT2D eigenvalue weighted by Gasteiger charge is -2.16. The van der Waals surface area contributed by atoms with E-state index < -0.39 is 6.10 Å². The predicted octanol–water partition coefficient (Wildman–Crippen LogP) is 2.06. The Hall–Kier alpha value is -2.21. The van der Waals surface area contributed by atoms with Crippen LogP contribution in [0.2, 0.25) is 0 Å². The third kappa shape index (κ3) is 3.88. The standard InChI is InChI=1S/C15H18FN3O2/c1-10(20)7-8-19(2)15(21)14-9-13(17-18-14)11-3-5-12(16)6-4-11/h3-6,9-10,20H,7-8H2,1-2H3,(H,17,18). The molecule has 2 rings (SSSR count). The minimum Gasteiger partial charge on any atom is -0.393 e. The Bertz CT molecular complexity index is 608. The second-order valence-electron chi connectivity index (χ2n) is 5.04. The van der Waals surface area contributed by atoms with E-state index in [1.807, 2.05) is 0 Å². The van der Waals surface area contributed by atoms with Gasteiger partial charge in [0.1, 0.15) is 11.5 Å². The van der Waals surface area contributed by atoms with Gasteiger partial charge in [-0.3, -0.25) is 9.89 Å². The number of carbonyl (C=O) groups is 1. The number of aromatic nitrogens is 2. The fraction of sp³-hybridized carbons (Fsp3) is 0.333. The number of carbonyl (C=O) groups excluding carboxylic acids is 1. The molecule has 0 aliphatic heterocycles. The van der Waals surface area contributed by atoms with Gasteiger partial charge in [-0.2, -0.15) is 5.10 Å². The minimum atomic E-state index is -0.447. The summed E-state index contributed by atoms with van der Waals surface area (Å²) >= 11 is 0. The number of benzene rings is 1. The summed E-state index contributed by atoms with van der Waals surface area (Å²) < 4.78 is 12.9. The van der Waals surface area contributed by atoms with Crippen molar-refractivity contribution in [1.82, 2.24) is 15.1 Å². The Balaban J connectivity index is 2.08. The van der Waals surface area contributed by atoms with Crippen LogP contribution in [0.1, 0.15) is 23.8 Å². The maximum atomic E-state index is 12.9. The van der Waals surface area contributed by atoms with E-state index in [1.165, 1.54) is 17.0 Å². The van der Waals surface area contributed by atoms with E-state index in [4.69, 9.17) is 0 Å². The van der Waals surface area contributed by atoms with Crippen molar-refractivity contribution in [2.24, 2.45) is 0 Å². The quantitative estimate of drug-likeness (QED) is 0.886. The molecule has 1 aromatic carbocycles. The van der Waals surface area contributed by atoms with Gasteiger partial charge in [0, 0.05) is 19.2 Å². The van der Waals surface area contributed by atoms with Gasteiger partial charge in [0.2, 0.25) is 0 Å². The Labute approximate surface area is 122 Å². The first-order chi connectivity index (χ1) is 9.97. The molecular formula is C15H18FN3O2. The van der Waals surface area contributed by atoms with Gasteiger partial charge < -0.3 is 10.0 Å². The van der Waals surface area contributed by atoms with Crippen molar-refractivity contribution in [2.45, 2.75) is 19.4 Å². The molecule has 112 valence electrons. The fourth-order valence-electron chi connectivity index (χ4n) is 1.89. The van der Waals surface area contributed by atoms with E-state index in [-0.39, 0.29) is 11.7 Å². The van der Waals surface area contributed by atoms with Gasteiger partial charge in [-0.1, -0.05) is 0 Å². The van der Waals surface area contributed by atoms with Crippen LogP contribution >= 0.6 is 0 Å². The molecule has 0 spiro atoms. The summed E-state index contributed by atoms with van der Waals surface area (Å²) in [6.45, 7) is 2.14. The summed E-state index contributed by atoms with van der Waals surface area (Å²) in [4.78, 5) is 13.7. The van der Waals surface area contributed by atoms with Crippen molar-refractivity contribution in [3.8, 4) is 11.3 Å². The van der Waals surface area contributed by atoms with Crippen LogP contribution < -0.4 is 0 Å². The number of aliphatic hydroxyl groups is 1. The van der Waals surface area contributed by atoms with Crippen LogP contribution in [-0.4, -0.2) is 45.8 Å². The number of hydrogen-bond acceptors (Lipinski definition) is 3. The summed E-state index contributed by atoms with van der Waals surface area (Å²) in [5.74, 6) is -0.514. The molecule has 0 bridgehead atoms. The van der Waals surface area contributed by atoms with Gasteiger partial charge >= 0.3 is 0 Å². The molecule has 5 nitrogen and oxygen atoms in total. The normalized spacial score (nSPS) is 12.2. The number of halogens is 1. The highest BCUT2D eigenvalue weighted by Gasteiger charge is 2.15. The van der Waals surface area contributed by atoms with Crippen molar-refractivity contribution in [3.05, 3.63) is 41.8 Å². The Kier molecular flexibility index (Phi) is 4.70. The molecule has 1 aromatic heterocycles. The van der Waals surface area contributed by atoms with Crippen LogP contribution in [0.25, 0.3) is 11.3 Å². The maximum absolute atomic E-state index is 12.9. The summed E-state index contributed by atoms with van der Waals surface area (Å²) in [6.07, 6.45) is 0.0677. The first kappa shape index (κ1) is 15.2. The number of H-pyrrole nitrogens is 1. The molecule has 2 N–H and O–H groups in total. The van der Waals surface area contributed by atoms with Gasteiger partial charge in [0.15, 0.2) is 0 Å². The molecule has 0 saturated heterocycles. The zero-order chi connectivity index (χ0) is 15.4. The van der Waals surface area contributed by atoms with Gasteiger partial charge in [-0.25, -0.2) is 4.39 Å². The van der Waals surface area contributed by atoms with Gasteiger partial charge in [0.05, 0.1) is 11.8 Å². The molecule has 0 fully saturated rings. The molecule has 1 atom stereocenters. The number of nitrogens with one attached hydrogen (secondary N) is 1. The lowest BCUT2D eigenvalue weighted by molar-refractivity contribution is 0.0763. The van der Waals surface area contributed by atoms with E-state index in [1.54, 1.807) is 32.2 Å². The molecule has 1 unspecified atom stereocenters. The van der Waals surface area contributed by atoms with Crippen LogP contribution in [0, 0.1) is 5.82 Å². The van der Waals surface area contributed by atoms with Crippen LogP contribution in [0.15, 0.2) is 30.3 Å². The highest BCUT2D eigenvalue weighted by atomic mass is 19.1. The molecule has 1 heterocycles. The van der Waals surface area contributed by atoms with E-state index in [2.05, 4.69) is 10.2 Å². The Morgan fingerprint density at radius 3 is 2.71 bits per heavy atom. The number of aliphatic hydroxyl groups excluding tert-OH is 1. The summed E-state index contributed by atoms with van der Waals surface area (Å²) in [7, 11) is 1.67. The molecule has 0 saturated carbocycles. The fourth-order valence-corrected chi connectivity index (χ4v) is 1.89. The molecular weight excluding hydrogens is 273 g/mol. The number of nitrogens with zero attached hydrogens (tertiary/aromatic N) is 2. The van der Waals surface area contributed by atoms with Crippen molar-refractivity contribution in [1.29, 1.82) is 0 Å². The second kappa shape index (κ2) is 6.49. The molecule has 6 heteroatoms. The van der Waals surface area contributed by atoms with Crippen LogP contribution in [-0.2, 0) is 0 Å². The zero-order valence-electron chi connectivity index (χ0n) is 12.0. The number of hydrogen-bond donors (Lipinski definition) is 2. The minimum absolute atomic E-state index is 0.198. The third-order valence-corrected chi connectivity index (χ3v) is 3.18. The zero-order valence-corrected chi connectivity index (χ0v) is 12.0. The van der Waals surface area contributed by atoms with Gasteiger partial charge in [-0.15, -0.1) is 0 Å².